The van der Waals surface area contributed by atoms with Crippen molar-refractivity contribution in [3.63, 3.8) is 0 Å². The van der Waals surface area contributed by atoms with Crippen molar-refractivity contribution in [2.75, 3.05) is 13.1 Å². The van der Waals surface area contributed by atoms with Gasteiger partial charge in [0.05, 0.1) is 6.20 Å². The molecule has 120 valence electrons. The molecule has 1 aromatic carbocycles. The van der Waals surface area contributed by atoms with E-state index in [4.69, 9.17) is 4.74 Å². The zero-order valence-electron chi connectivity index (χ0n) is 12.3. The van der Waals surface area contributed by atoms with E-state index >= 15 is 0 Å². The zero-order valence-corrected chi connectivity index (χ0v) is 12.3. The van der Waals surface area contributed by atoms with E-state index in [1.54, 1.807) is 23.5 Å². The van der Waals surface area contributed by atoms with Crippen LogP contribution in [0.1, 0.15) is 23.2 Å². The lowest BCUT2D eigenvalue weighted by Gasteiger charge is -2.31. The molecule has 0 unspecified atom stereocenters. The molecule has 1 saturated heterocycles. The van der Waals surface area contributed by atoms with E-state index in [1.165, 1.54) is 6.07 Å². The second-order valence-corrected chi connectivity index (χ2v) is 5.28. The van der Waals surface area contributed by atoms with Crippen molar-refractivity contribution >= 4 is 5.91 Å². The summed E-state index contributed by atoms with van der Waals surface area (Å²) in [5, 5.41) is 0. The number of hydrogen-bond acceptors (Lipinski definition) is 4. The predicted molar refractivity (Wildman–Crippen MR) is 77.9 cm³/mol. The Balaban J connectivity index is 1.58. The summed E-state index contributed by atoms with van der Waals surface area (Å²) in [6.07, 6.45) is 5.91. The topological polar surface area (TPSA) is 55.3 Å². The molecule has 2 aromatic rings. The Bertz CT molecular complexity index is 689. The van der Waals surface area contributed by atoms with Crippen LogP contribution in [-0.4, -0.2) is 40.0 Å². The third-order valence-electron chi connectivity index (χ3n) is 3.72. The zero-order chi connectivity index (χ0) is 16.2. The molecule has 1 fully saturated rings. The number of hydrogen-bond donors (Lipinski definition) is 0. The van der Waals surface area contributed by atoms with Gasteiger partial charge < -0.3 is 9.64 Å². The average molecular weight is 319 g/mol. The van der Waals surface area contributed by atoms with Crippen LogP contribution in [0, 0.1) is 11.6 Å². The number of halogens is 2. The maximum atomic E-state index is 13.2. The van der Waals surface area contributed by atoms with Crippen molar-refractivity contribution in [2.45, 2.75) is 18.9 Å². The molecule has 2 heterocycles. The van der Waals surface area contributed by atoms with Crippen molar-refractivity contribution < 1.29 is 18.3 Å². The molecule has 0 bridgehead atoms. The molecule has 1 aliphatic rings. The molecule has 1 amide bonds. The minimum absolute atomic E-state index is 0.0410. The van der Waals surface area contributed by atoms with E-state index in [0.29, 0.717) is 31.8 Å². The van der Waals surface area contributed by atoms with Gasteiger partial charge in [0, 0.05) is 43.9 Å². The van der Waals surface area contributed by atoms with Crippen LogP contribution >= 0.6 is 0 Å². The molecular weight excluding hydrogens is 304 g/mol. The highest BCUT2D eigenvalue weighted by Crippen LogP contribution is 2.19. The van der Waals surface area contributed by atoms with Gasteiger partial charge in [0.25, 0.3) is 5.91 Å². The Hall–Kier alpha value is -2.57. The van der Waals surface area contributed by atoms with Crippen LogP contribution in [0.15, 0.2) is 36.8 Å². The normalized spacial score (nSPS) is 15.5. The van der Waals surface area contributed by atoms with Gasteiger partial charge in [0.1, 0.15) is 6.10 Å². The summed E-state index contributed by atoms with van der Waals surface area (Å²) in [5.41, 5.74) is 0.150. The average Bonchev–Trinajstić information content (AvgIpc) is 2.58. The summed E-state index contributed by atoms with van der Waals surface area (Å²) in [4.78, 5) is 21.9. The Morgan fingerprint density at radius 1 is 1.17 bits per heavy atom. The van der Waals surface area contributed by atoms with Crippen LogP contribution in [0.4, 0.5) is 8.78 Å². The lowest BCUT2D eigenvalue weighted by Crippen LogP contribution is -2.41. The first kappa shape index (κ1) is 15.3. The Morgan fingerprint density at radius 2 is 1.96 bits per heavy atom. The number of nitrogens with zero attached hydrogens (tertiary/aromatic N) is 3. The van der Waals surface area contributed by atoms with Crippen LogP contribution in [0.3, 0.4) is 0 Å². The van der Waals surface area contributed by atoms with Crippen molar-refractivity contribution in [1.29, 1.82) is 0 Å². The second kappa shape index (κ2) is 6.68. The quantitative estimate of drug-likeness (QED) is 0.872. The SMILES string of the molecule is O=C(c1ccc(F)c(F)c1)N1CCC(Oc2cnccn2)CC1. The summed E-state index contributed by atoms with van der Waals surface area (Å²) in [6.45, 7) is 0.978. The number of benzene rings is 1. The molecule has 3 rings (SSSR count). The van der Waals surface area contributed by atoms with Crippen LogP contribution in [0.5, 0.6) is 5.88 Å². The maximum absolute atomic E-state index is 13.2. The molecule has 0 spiro atoms. The molecule has 0 atom stereocenters. The number of aromatic nitrogens is 2. The summed E-state index contributed by atoms with van der Waals surface area (Å²) >= 11 is 0. The fourth-order valence-electron chi connectivity index (χ4n) is 2.51. The van der Waals surface area contributed by atoms with E-state index < -0.39 is 11.6 Å². The molecule has 0 saturated carbocycles. The smallest absolute Gasteiger partial charge is 0.253 e. The highest BCUT2D eigenvalue weighted by molar-refractivity contribution is 5.94. The predicted octanol–water partition coefficient (Wildman–Crippen LogP) is 2.44. The third-order valence-corrected chi connectivity index (χ3v) is 3.72. The highest BCUT2D eigenvalue weighted by Gasteiger charge is 2.25. The highest BCUT2D eigenvalue weighted by atomic mass is 19.2. The number of rotatable bonds is 3. The summed E-state index contributed by atoms with van der Waals surface area (Å²) in [7, 11) is 0. The third kappa shape index (κ3) is 3.61. The van der Waals surface area contributed by atoms with Crippen molar-refractivity contribution in [3.8, 4) is 5.88 Å². The van der Waals surface area contributed by atoms with E-state index in [1.807, 2.05) is 0 Å². The minimum Gasteiger partial charge on any atom is -0.473 e. The van der Waals surface area contributed by atoms with Gasteiger partial charge >= 0.3 is 0 Å². The first-order valence-electron chi connectivity index (χ1n) is 7.30. The van der Waals surface area contributed by atoms with Gasteiger partial charge in [0.2, 0.25) is 5.88 Å². The van der Waals surface area contributed by atoms with Crippen LogP contribution < -0.4 is 4.74 Å². The van der Waals surface area contributed by atoms with Gasteiger partial charge in [-0.25, -0.2) is 13.8 Å². The molecule has 1 aliphatic heterocycles. The number of amides is 1. The lowest BCUT2D eigenvalue weighted by atomic mass is 10.1. The number of carbonyl (C=O) groups is 1. The van der Waals surface area contributed by atoms with Crippen molar-refractivity contribution in [2.24, 2.45) is 0 Å². The van der Waals surface area contributed by atoms with Crippen LogP contribution in [0.2, 0.25) is 0 Å². The molecule has 0 N–H and O–H groups in total. The van der Waals surface area contributed by atoms with Gasteiger partial charge in [0.15, 0.2) is 11.6 Å². The minimum atomic E-state index is -1.02. The summed E-state index contributed by atoms with van der Waals surface area (Å²) in [5.74, 6) is -1.82. The summed E-state index contributed by atoms with van der Waals surface area (Å²) in [6, 6.07) is 3.19. The van der Waals surface area contributed by atoms with Gasteiger partial charge in [-0.05, 0) is 18.2 Å². The van der Waals surface area contributed by atoms with Crippen LogP contribution in [0.25, 0.3) is 0 Å². The Morgan fingerprint density at radius 3 is 2.61 bits per heavy atom. The van der Waals surface area contributed by atoms with Gasteiger partial charge in [-0.3, -0.25) is 9.78 Å². The van der Waals surface area contributed by atoms with Crippen LogP contribution in [-0.2, 0) is 0 Å². The molecule has 0 aliphatic carbocycles. The fourth-order valence-corrected chi connectivity index (χ4v) is 2.51. The number of piperidine rings is 1. The van der Waals surface area contributed by atoms with E-state index in [0.717, 1.165) is 12.1 Å². The Kier molecular flexibility index (Phi) is 4.45. The standard InChI is InChI=1S/C16H15F2N3O2/c17-13-2-1-11(9-14(13)18)16(22)21-7-3-12(4-8-21)23-15-10-19-5-6-20-15/h1-2,5-6,9-10,12H,3-4,7-8H2. The van der Waals surface area contributed by atoms with E-state index in [9.17, 15) is 13.6 Å². The summed E-state index contributed by atoms with van der Waals surface area (Å²) < 4.78 is 31.9. The number of carbonyl (C=O) groups excluding carboxylic acids is 1. The molecule has 0 radical (unpaired) electrons. The second-order valence-electron chi connectivity index (χ2n) is 5.28. The first-order chi connectivity index (χ1) is 11.1. The van der Waals surface area contributed by atoms with Gasteiger partial charge in [-0.2, -0.15) is 0 Å². The molecule has 5 nitrogen and oxygen atoms in total. The molecular formula is C16H15F2N3O2. The lowest BCUT2D eigenvalue weighted by molar-refractivity contribution is 0.0586. The monoisotopic (exact) mass is 319 g/mol. The number of likely N-dealkylation sites (tertiary alicyclic amines) is 1. The van der Waals surface area contributed by atoms with Crippen molar-refractivity contribution in [1.82, 2.24) is 14.9 Å². The first-order valence-corrected chi connectivity index (χ1v) is 7.30. The molecule has 23 heavy (non-hydrogen) atoms. The molecule has 7 heteroatoms. The van der Waals surface area contributed by atoms with E-state index in [-0.39, 0.29) is 17.6 Å². The maximum Gasteiger partial charge on any atom is 0.253 e. The molecule has 1 aromatic heterocycles. The largest absolute Gasteiger partial charge is 0.473 e. The van der Waals surface area contributed by atoms with E-state index in [2.05, 4.69) is 9.97 Å². The van der Waals surface area contributed by atoms with Crippen molar-refractivity contribution in [3.05, 3.63) is 54.0 Å². The number of ether oxygens (including phenoxy) is 1. The fraction of sp³-hybridized carbons (Fsp3) is 0.312. The Labute approximate surface area is 131 Å². The van der Waals surface area contributed by atoms with Gasteiger partial charge in [-0.15, -0.1) is 0 Å². The van der Waals surface area contributed by atoms with Gasteiger partial charge in [-0.1, -0.05) is 0 Å².